The van der Waals surface area contributed by atoms with Gasteiger partial charge >= 0.3 is 5.97 Å². The molecule has 3 heteroatoms. The molecule has 0 atom stereocenters. The molecule has 0 aromatic heterocycles. The molecule has 0 rings (SSSR count). The second kappa shape index (κ2) is 7.33. The van der Waals surface area contributed by atoms with Crippen molar-refractivity contribution in [1.29, 1.82) is 0 Å². The van der Waals surface area contributed by atoms with Crippen molar-refractivity contribution in [2.24, 2.45) is 0 Å². The summed E-state index contributed by atoms with van der Waals surface area (Å²) in [4.78, 5) is 11.0. The Morgan fingerprint density at radius 1 is 1.29 bits per heavy atom. The van der Waals surface area contributed by atoms with Crippen LogP contribution in [0, 0.1) is 0 Å². The van der Waals surface area contributed by atoms with Gasteiger partial charge in [0.25, 0.3) is 0 Å². The van der Waals surface area contributed by atoms with E-state index in [2.05, 4.69) is 17.9 Å². The number of ether oxygens (including phenoxy) is 2. The highest BCUT2D eigenvalue weighted by Crippen LogP contribution is 2.10. The Morgan fingerprint density at radius 3 is 2.43 bits per heavy atom. The lowest BCUT2D eigenvalue weighted by atomic mass is 10.1. The van der Waals surface area contributed by atoms with Gasteiger partial charge in [0.05, 0.1) is 13.7 Å². The summed E-state index contributed by atoms with van der Waals surface area (Å²) in [6, 6.07) is 0. The van der Waals surface area contributed by atoms with Crippen LogP contribution in [0.2, 0.25) is 0 Å². The van der Waals surface area contributed by atoms with Crippen LogP contribution in [0.4, 0.5) is 0 Å². The highest BCUT2D eigenvalue weighted by atomic mass is 16.5. The average molecular weight is 198 g/mol. The first-order valence-electron chi connectivity index (χ1n) is 4.62. The number of carbonyl (C=O) groups excluding carboxylic acids is 1. The minimum Gasteiger partial charge on any atom is -0.466 e. The zero-order valence-corrected chi connectivity index (χ0v) is 8.97. The smallest absolute Gasteiger partial charge is 0.333 e. The maximum Gasteiger partial charge on any atom is 0.333 e. The quantitative estimate of drug-likeness (QED) is 0.357. The van der Waals surface area contributed by atoms with Crippen LogP contribution in [0.3, 0.4) is 0 Å². The van der Waals surface area contributed by atoms with Crippen LogP contribution >= 0.6 is 0 Å². The minimum atomic E-state index is -0.353. The van der Waals surface area contributed by atoms with Crippen molar-refractivity contribution in [2.75, 3.05) is 20.3 Å². The van der Waals surface area contributed by atoms with Crippen molar-refractivity contribution >= 4 is 5.97 Å². The number of rotatable bonds is 7. The maximum absolute atomic E-state index is 11.0. The molecule has 0 aliphatic heterocycles. The van der Waals surface area contributed by atoms with Crippen LogP contribution in [0.1, 0.15) is 19.8 Å². The van der Waals surface area contributed by atoms with Gasteiger partial charge in [-0.1, -0.05) is 18.7 Å². The van der Waals surface area contributed by atoms with Gasteiger partial charge in [-0.15, -0.1) is 0 Å². The molecule has 3 nitrogen and oxygen atoms in total. The summed E-state index contributed by atoms with van der Waals surface area (Å²) in [6.45, 7) is 10.6. The Hall–Kier alpha value is -1.09. The molecule has 0 fully saturated rings. The van der Waals surface area contributed by atoms with Crippen LogP contribution in [-0.2, 0) is 14.3 Å². The van der Waals surface area contributed by atoms with Crippen molar-refractivity contribution < 1.29 is 14.3 Å². The summed E-state index contributed by atoms with van der Waals surface area (Å²) < 4.78 is 9.70. The fraction of sp³-hybridized carbons (Fsp3) is 0.545. The second-order valence-corrected chi connectivity index (χ2v) is 2.98. The Labute approximate surface area is 85.4 Å². The molecular formula is C11H18O3. The minimum absolute atomic E-state index is 0.353. The van der Waals surface area contributed by atoms with E-state index >= 15 is 0 Å². The largest absolute Gasteiger partial charge is 0.466 e. The van der Waals surface area contributed by atoms with E-state index in [-0.39, 0.29) is 5.97 Å². The van der Waals surface area contributed by atoms with Gasteiger partial charge in [-0.05, 0) is 19.8 Å². The first kappa shape index (κ1) is 12.9. The highest BCUT2D eigenvalue weighted by Gasteiger charge is 2.06. The van der Waals surface area contributed by atoms with E-state index in [0.717, 1.165) is 5.57 Å². The third-order valence-electron chi connectivity index (χ3n) is 1.76. The lowest BCUT2D eigenvalue weighted by Gasteiger charge is -2.06. The zero-order valence-electron chi connectivity index (χ0n) is 8.97. The molecule has 0 amide bonds. The second-order valence-electron chi connectivity index (χ2n) is 2.98. The molecule has 14 heavy (non-hydrogen) atoms. The molecule has 0 spiro atoms. The van der Waals surface area contributed by atoms with Crippen molar-refractivity contribution in [1.82, 2.24) is 0 Å². The third kappa shape index (κ3) is 5.54. The van der Waals surface area contributed by atoms with Gasteiger partial charge in [-0.2, -0.15) is 0 Å². The molecule has 0 aliphatic rings. The molecular weight excluding hydrogens is 180 g/mol. The van der Waals surface area contributed by atoms with Crippen molar-refractivity contribution in [3.63, 3.8) is 0 Å². The number of esters is 1. The maximum atomic E-state index is 11.0. The van der Waals surface area contributed by atoms with E-state index in [1.165, 1.54) is 7.11 Å². The third-order valence-corrected chi connectivity index (χ3v) is 1.76. The Balaban J connectivity index is 3.66. The van der Waals surface area contributed by atoms with Gasteiger partial charge < -0.3 is 9.47 Å². The van der Waals surface area contributed by atoms with E-state index in [0.29, 0.717) is 31.6 Å². The van der Waals surface area contributed by atoms with Gasteiger partial charge in [0.15, 0.2) is 0 Å². The van der Waals surface area contributed by atoms with Gasteiger partial charge in [0.2, 0.25) is 0 Å². The van der Waals surface area contributed by atoms with E-state index in [9.17, 15) is 4.79 Å². The molecule has 80 valence electrons. The summed E-state index contributed by atoms with van der Waals surface area (Å²) in [5.41, 5.74) is 1.45. The van der Waals surface area contributed by atoms with Crippen molar-refractivity contribution in [3.8, 4) is 0 Å². The molecule has 0 aliphatic carbocycles. The normalized spacial score (nSPS) is 9.57. The number of hydrogen-bond acceptors (Lipinski definition) is 3. The van der Waals surface area contributed by atoms with E-state index in [1.807, 2.05) is 6.92 Å². The number of hydrogen-bond donors (Lipinski definition) is 0. The summed E-state index contributed by atoms with van der Waals surface area (Å²) >= 11 is 0. The lowest BCUT2D eigenvalue weighted by Crippen LogP contribution is -2.04. The predicted octanol–water partition coefficient (Wildman–Crippen LogP) is 2.09. The SMILES string of the molecule is C=C(CCC(=C)C(=O)OC)COCC. The number of methoxy groups -OCH3 is 1. The zero-order chi connectivity index (χ0) is 11.0. The lowest BCUT2D eigenvalue weighted by molar-refractivity contribution is -0.136. The Morgan fingerprint density at radius 2 is 1.93 bits per heavy atom. The van der Waals surface area contributed by atoms with Crippen molar-refractivity contribution in [3.05, 3.63) is 24.3 Å². The van der Waals surface area contributed by atoms with Gasteiger partial charge in [-0.3, -0.25) is 0 Å². The number of carbonyl (C=O) groups is 1. The van der Waals surface area contributed by atoms with E-state index < -0.39 is 0 Å². The molecule has 0 bridgehead atoms. The van der Waals surface area contributed by atoms with Gasteiger partial charge in [0, 0.05) is 12.2 Å². The molecule has 0 saturated carbocycles. The first-order chi connectivity index (χ1) is 6.61. The molecule has 0 heterocycles. The van der Waals surface area contributed by atoms with Crippen LogP contribution in [-0.4, -0.2) is 26.3 Å². The molecule has 0 radical (unpaired) electrons. The topological polar surface area (TPSA) is 35.5 Å². The summed E-state index contributed by atoms with van der Waals surface area (Å²) in [6.07, 6.45) is 1.30. The van der Waals surface area contributed by atoms with E-state index in [4.69, 9.17) is 4.74 Å². The summed E-state index contributed by atoms with van der Waals surface area (Å²) in [5.74, 6) is -0.353. The molecule has 0 aromatic rings. The standard InChI is InChI=1S/C11H18O3/c1-5-14-8-9(2)6-7-10(3)11(12)13-4/h2-3,5-8H2,1,4H3. The summed E-state index contributed by atoms with van der Waals surface area (Å²) in [5, 5.41) is 0. The Kier molecular flexibility index (Phi) is 6.76. The molecule has 0 aromatic carbocycles. The van der Waals surface area contributed by atoms with Crippen LogP contribution in [0.5, 0.6) is 0 Å². The van der Waals surface area contributed by atoms with E-state index in [1.54, 1.807) is 0 Å². The van der Waals surface area contributed by atoms with Gasteiger partial charge in [0.1, 0.15) is 0 Å². The van der Waals surface area contributed by atoms with Gasteiger partial charge in [-0.25, -0.2) is 4.79 Å². The highest BCUT2D eigenvalue weighted by molar-refractivity contribution is 5.87. The fourth-order valence-corrected chi connectivity index (χ4v) is 0.893. The molecule has 0 saturated heterocycles. The summed E-state index contributed by atoms with van der Waals surface area (Å²) in [7, 11) is 1.35. The fourth-order valence-electron chi connectivity index (χ4n) is 0.893. The first-order valence-corrected chi connectivity index (χ1v) is 4.62. The Bertz CT molecular complexity index is 219. The van der Waals surface area contributed by atoms with Crippen molar-refractivity contribution in [2.45, 2.75) is 19.8 Å². The average Bonchev–Trinajstić information content (AvgIpc) is 2.21. The van der Waals surface area contributed by atoms with Crippen LogP contribution in [0.25, 0.3) is 0 Å². The predicted molar refractivity (Wildman–Crippen MR) is 56.0 cm³/mol. The van der Waals surface area contributed by atoms with Crippen LogP contribution in [0.15, 0.2) is 24.3 Å². The molecule has 0 unspecified atom stereocenters. The van der Waals surface area contributed by atoms with Crippen LogP contribution < -0.4 is 0 Å². The monoisotopic (exact) mass is 198 g/mol. The molecule has 0 N–H and O–H groups in total.